The van der Waals surface area contributed by atoms with Crippen LogP contribution in [0.2, 0.25) is 0 Å². The second-order valence-electron chi connectivity index (χ2n) is 12.7. The van der Waals surface area contributed by atoms with E-state index in [4.69, 9.17) is 13.6 Å². The van der Waals surface area contributed by atoms with Crippen LogP contribution in [0.5, 0.6) is 5.75 Å². The first-order chi connectivity index (χ1) is 21.6. The molecule has 0 spiro atoms. The van der Waals surface area contributed by atoms with Crippen LogP contribution >= 0.6 is 7.82 Å². The van der Waals surface area contributed by atoms with Crippen LogP contribution in [0, 0.1) is 0 Å². The molecule has 1 aromatic carbocycles. The molecule has 5 nitrogen and oxygen atoms in total. The van der Waals surface area contributed by atoms with Crippen molar-refractivity contribution in [1.82, 2.24) is 0 Å². The lowest BCUT2D eigenvalue weighted by Crippen LogP contribution is -2.09. The van der Waals surface area contributed by atoms with Crippen LogP contribution < -0.4 is 4.52 Å². The van der Waals surface area contributed by atoms with Gasteiger partial charge in [0, 0.05) is 6.42 Å². The molecule has 0 radical (unpaired) electrons. The minimum Gasteiger partial charge on any atom is -0.395 e. The quantitative estimate of drug-likeness (QED) is 0.0567. The second-order valence-corrected chi connectivity index (χ2v) is 14.3. The highest BCUT2D eigenvalue weighted by molar-refractivity contribution is 7.49. The van der Waals surface area contributed by atoms with E-state index in [-0.39, 0.29) is 13.0 Å². The number of phosphoric acid groups is 1. The number of hydrogen-bond acceptors (Lipinski definition) is 5. The molecule has 0 aliphatic carbocycles. The van der Waals surface area contributed by atoms with E-state index in [1.165, 1.54) is 135 Å². The Hall–Kier alpha value is -1.32. The molecule has 1 aromatic rings. The lowest BCUT2D eigenvalue weighted by molar-refractivity contribution is -0.136. The van der Waals surface area contributed by atoms with Crippen molar-refractivity contribution in [2.24, 2.45) is 0 Å². The zero-order chi connectivity index (χ0) is 31.8. The zero-order valence-corrected chi connectivity index (χ0v) is 29.8. The molecule has 0 aliphatic heterocycles. The van der Waals surface area contributed by atoms with Crippen LogP contribution in [-0.2, 0) is 18.4 Å². The summed E-state index contributed by atoms with van der Waals surface area (Å²) in [5.74, 6) is -0.126. The van der Waals surface area contributed by atoms with Crippen molar-refractivity contribution in [2.45, 2.75) is 194 Å². The first kappa shape index (κ1) is 40.7. The largest absolute Gasteiger partial charge is 0.589 e. The SMILES string of the molecule is CCCCCCCCCCCCCCCCCC(=O)OP(=O)(OCCCCCCCCCCCCCC)Oc1ccccc1. The number of benzene rings is 1. The van der Waals surface area contributed by atoms with Gasteiger partial charge in [-0.15, -0.1) is 0 Å². The summed E-state index contributed by atoms with van der Waals surface area (Å²) >= 11 is 0. The van der Waals surface area contributed by atoms with E-state index < -0.39 is 13.8 Å². The van der Waals surface area contributed by atoms with E-state index in [1.54, 1.807) is 24.3 Å². The summed E-state index contributed by atoms with van der Waals surface area (Å²) in [4.78, 5) is 12.6. The van der Waals surface area contributed by atoms with Gasteiger partial charge in [-0.2, -0.15) is 0 Å². The Labute approximate surface area is 272 Å². The third-order valence-corrected chi connectivity index (χ3v) is 9.77. The standard InChI is InChI=1S/C38H69O5P/c1-3-5-7-9-11-13-15-17-18-19-20-22-24-26-31-35-38(39)43-44(40,42-37-33-29-28-30-34-37)41-36-32-27-25-23-21-16-14-12-10-8-6-4-2/h28-30,33-34H,3-27,31-32,35-36H2,1-2H3. The van der Waals surface area contributed by atoms with Crippen LogP contribution in [-0.4, -0.2) is 12.6 Å². The number of unbranched alkanes of at least 4 members (excludes halogenated alkanes) is 25. The molecule has 1 rings (SSSR count). The van der Waals surface area contributed by atoms with Crippen molar-refractivity contribution in [2.75, 3.05) is 6.61 Å². The molecule has 256 valence electrons. The maximum Gasteiger partial charge on any atom is 0.589 e. The molecular weight excluding hydrogens is 567 g/mol. The molecule has 1 atom stereocenters. The summed E-state index contributed by atoms with van der Waals surface area (Å²) in [7, 11) is -4.02. The Balaban J connectivity index is 2.15. The molecular formula is C38H69O5P. The van der Waals surface area contributed by atoms with Gasteiger partial charge in [0.25, 0.3) is 0 Å². The Morgan fingerprint density at radius 1 is 0.523 bits per heavy atom. The number of carbonyl (C=O) groups is 1. The van der Waals surface area contributed by atoms with Crippen molar-refractivity contribution in [1.29, 1.82) is 0 Å². The highest BCUT2D eigenvalue weighted by atomic mass is 31.2. The van der Waals surface area contributed by atoms with Crippen molar-refractivity contribution >= 4 is 13.8 Å². The monoisotopic (exact) mass is 636 g/mol. The summed E-state index contributed by atoms with van der Waals surface area (Å²) in [6.07, 6.45) is 34.2. The first-order valence-corrected chi connectivity index (χ1v) is 20.3. The fourth-order valence-corrected chi connectivity index (χ4v) is 6.83. The van der Waals surface area contributed by atoms with Gasteiger partial charge in [0.15, 0.2) is 0 Å². The summed E-state index contributed by atoms with van der Waals surface area (Å²) < 4.78 is 29.9. The fraction of sp³-hybridized carbons (Fsp3) is 0.816. The molecule has 0 heterocycles. The molecule has 0 aromatic heterocycles. The average Bonchev–Trinajstić information content (AvgIpc) is 3.01. The van der Waals surface area contributed by atoms with Gasteiger partial charge in [-0.05, 0) is 25.0 Å². The second kappa shape index (κ2) is 30.3. The topological polar surface area (TPSA) is 61.8 Å². The number of para-hydroxylation sites is 1. The van der Waals surface area contributed by atoms with Crippen LogP contribution in [0.3, 0.4) is 0 Å². The first-order valence-electron chi connectivity index (χ1n) is 18.8. The number of hydrogen-bond donors (Lipinski definition) is 0. The highest BCUT2D eigenvalue weighted by Gasteiger charge is 2.32. The molecule has 0 saturated heterocycles. The van der Waals surface area contributed by atoms with E-state index in [0.29, 0.717) is 5.75 Å². The maximum absolute atomic E-state index is 13.4. The molecule has 0 amide bonds. The zero-order valence-electron chi connectivity index (χ0n) is 28.9. The van der Waals surface area contributed by atoms with Crippen LogP contribution in [0.15, 0.2) is 30.3 Å². The Kier molecular flexibility index (Phi) is 28.1. The van der Waals surface area contributed by atoms with Gasteiger partial charge >= 0.3 is 13.8 Å². The minimum atomic E-state index is -4.02. The number of phosphoric ester groups is 1. The molecule has 0 N–H and O–H groups in total. The average molecular weight is 637 g/mol. The predicted octanol–water partition coefficient (Wildman–Crippen LogP) is 13.7. The molecule has 1 unspecified atom stereocenters. The Morgan fingerprint density at radius 3 is 1.30 bits per heavy atom. The summed E-state index contributed by atoms with van der Waals surface area (Å²) in [6, 6.07) is 8.84. The van der Waals surface area contributed by atoms with Crippen LogP contribution in [0.4, 0.5) is 0 Å². The van der Waals surface area contributed by atoms with E-state index in [1.807, 2.05) is 6.07 Å². The van der Waals surface area contributed by atoms with Crippen molar-refractivity contribution in [3.63, 3.8) is 0 Å². The molecule has 0 fully saturated rings. The van der Waals surface area contributed by atoms with Crippen molar-refractivity contribution in [3.8, 4) is 5.75 Å². The molecule has 0 aliphatic rings. The molecule has 6 heteroatoms. The minimum absolute atomic E-state index is 0.238. The van der Waals surface area contributed by atoms with Gasteiger partial charge in [0.1, 0.15) is 5.75 Å². The van der Waals surface area contributed by atoms with E-state index in [2.05, 4.69) is 13.8 Å². The molecule has 0 bridgehead atoms. The highest BCUT2D eigenvalue weighted by Crippen LogP contribution is 2.50. The lowest BCUT2D eigenvalue weighted by Gasteiger charge is -2.18. The van der Waals surface area contributed by atoms with Gasteiger partial charge in [0.2, 0.25) is 0 Å². The summed E-state index contributed by atoms with van der Waals surface area (Å²) in [5.41, 5.74) is 0. The fourth-order valence-electron chi connectivity index (χ4n) is 5.61. The third kappa shape index (κ3) is 26.0. The van der Waals surface area contributed by atoms with Crippen LogP contribution in [0.25, 0.3) is 0 Å². The molecule has 0 saturated carbocycles. The normalized spacial score (nSPS) is 12.7. The number of carbonyl (C=O) groups excluding carboxylic acids is 1. The van der Waals surface area contributed by atoms with Gasteiger partial charge < -0.3 is 9.05 Å². The van der Waals surface area contributed by atoms with E-state index in [0.717, 1.165) is 38.5 Å². The maximum atomic E-state index is 13.4. The Morgan fingerprint density at radius 2 is 0.886 bits per heavy atom. The van der Waals surface area contributed by atoms with Crippen LogP contribution in [0.1, 0.15) is 194 Å². The Bertz CT molecular complexity index is 800. The molecule has 44 heavy (non-hydrogen) atoms. The van der Waals surface area contributed by atoms with Gasteiger partial charge in [-0.3, -0.25) is 9.32 Å². The lowest BCUT2D eigenvalue weighted by atomic mass is 10.0. The van der Waals surface area contributed by atoms with Gasteiger partial charge in [-0.25, -0.2) is 4.57 Å². The van der Waals surface area contributed by atoms with E-state index in [9.17, 15) is 9.36 Å². The predicted molar refractivity (Wildman–Crippen MR) is 187 cm³/mol. The number of rotatable bonds is 33. The third-order valence-electron chi connectivity index (χ3n) is 8.41. The smallest absolute Gasteiger partial charge is 0.395 e. The van der Waals surface area contributed by atoms with Gasteiger partial charge in [0.05, 0.1) is 6.61 Å². The van der Waals surface area contributed by atoms with E-state index >= 15 is 0 Å². The van der Waals surface area contributed by atoms with Crippen molar-refractivity contribution in [3.05, 3.63) is 30.3 Å². The van der Waals surface area contributed by atoms with Crippen molar-refractivity contribution < 1.29 is 22.9 Å². The summed E-state index contributed by atoms with van der Waals surface area (Å²) in [6.45, 7) is 4.79. The van der Waals surface area contributed by atoms with Gasteiger partial charge in [-0.1, -0.05) is 193 Å². The summed E-state index contributed by atoms with van der Waals surface area (Å²) in [5, 5.41) is 0.